The van der Waals surface area contributed by atoms with Crippen LogP contribution in [0.2, 0.25) is 0 Å². The quantitative estimate of drug-likeness (QED) is 0.530. The SMILES string of the molecule is O=C(O)CCC(CCc1ccc(-c2ccccc2)cc1)NC(=O)c1cn[nH]c1. The molecule has 1 heterocycles. The molecule has 28 heavy (non-hydrogen) atoms. The van der Waals surface area contributed by atoms with Gasteiger partial charge in [0.1, 0.15) is 0 Å². The largest absolute Gasteiger partial charge is 0.481 e. The number of carbonyl (C=O) groups excluding carboxylic acids is 1. The molecule has 2 aromatic carbocycles. The number of hydrogen-bond acceptors (Lipinski definition) is 3. The van der Waals surface area contributed by atoms with E-state index in [4.69, 9.17) is 5.11 Å². The van der Waals surface area contributed by atoms with Gasteiger partial charge >= 0.3 is 5.97 Å². The van der Waals surface area contributed by atoms with Crippen molar-refractivity contribution in [1.29, 1.82) is 0 Å². The van der Waals surface area contributed by atoms with Crippen LogP contribution in [0.1, 0.15) is 35.2 Å². The molecule has 1 atom stereocenters. The number of aromatic nitrogens is 2. The number of hydrogen-bond donors (Lipinski definition) is 3. The van der Waals surface area contributed by atoms with E-state index in [1.165, 1.54) is 18.0 Å². The first kappa shape index (κ1) is 19.4. The molecule has 0 aliphatic heterocycles. The monoisotopic (exact) mass is 377 g/mol. The van der Waals surface area contributed by atoms with Gasteiger partial charge in [-0.15, -0.1) is 0 Å². The third-order valence-electron chi connectivity index (χ3n) is 4.64. The van der Waals surface area contributed by atoms with Crippen molar-refractivity contribution in [3.8, 4) is 11.1 Å². The Hall–Kier alpha value is -3.41. The molecule has 0 bridgehead atoms. The zero-order chi connectivity index (χ0) is 19.8. The minimum Gasteiger partial charge on any atom is -0.481 e. The van der Waals surface area contributed by atoms with E-state index in [0.717, 1.165) is 17.5 Å². The van der Waals surface area contributed by atoms with Crippen LogP contribution >= 0.6 is 0 Å². The number of nitrogens with one attached hydrogen (secondary N) is 2. The van der Waals surface area contributed by atoms with E-state index in [2.05, 4.69) is 51.9 Å². The van der Waals surface area contributed by atoms with Gasteiger partial charge in [0.15, 0.2) is 0 Å². The van der Waals surface area contributed by atoms with Crippen molar-refractivity contribution in [3.05, 3.63) is 78.1 Å². The Labute approximate surface area is 163 Å². The summed E-state index contributed by atoms with van der Waals surface area (Å²) in [5.74, 6) is -1.11. The topological polar surface area (TPSA) is 95.1 Å². The summed E-state index contributed by atoms with van der Waals surface area (Å²) >= 11 is 0. The maximum atomic E-state index is 12.3. The normalized spacial score (nSPS) is 11.7. The van der Waals surface area contributed by atoms with Gasteiger partial charge in [0.25, 0.3) is 5.91 Å². The molecule has 1 unspecified atom stereocenters. The highest BCUT2D eigenvalue weighted by Gasteiger charge is 2.16. The van der Waals surface area contributed by atoms with Crippen molar-refractivity contribution >= 4 is 11.9 Å². The van der Waals surface area contributed by atoms with Gasteiger partial charge in [-0.05, 0) is 36.0 Å². The molecule has 0 fully saturated rings. The van der Waals surface area contributed by atoms with E-state index < -0.39 is 5.97 Å². The first-order valence-electron chi connectivity index (χ1n) is 9.27. The van der Waals surface area contributed by atoms with Crippen LogP contribution in [0.25, 0.3) is 11.1 Å². The van der Waals surface area contributed by atoms with Crippen molar-refractivity contribution in [2.45, 2.75) is 31.7 Å². The van der Waals surface area contributed by atoms with Crippen LogP contribution in [0, 0.1) is 0 Å². The van der Waals surface area contributed by atoms with Gasteiger partial charge < -0.3 is 10.4 Å². The summed E-state index contributed by atoms with van der Waals surface area (Å²) in [7, 11) is 0. The molecule has 6 heteroatoms. The van der Waals surface area contributed by atoms with E-state index in [0.29, 0.717) is 18.4 Å². The Bertz CT molecular complexity index is 891. The van der Waals surface area contributed by atoms with Crippen molar-refractivity contribution in [1.82, 2.24) is 15.5 Å². The minimum absolute atomic E-state index is 0.0171. The number of benzene rings is 2. The maximum Gasteiger partial charge on any atom is 0.303 e. The lowest BCUT2D eigenvalue weighted by atomic mass is 9.99. The lowest BCUT2D eigenvalue weighted by Crippen LogP contribution is -2.35. The van der Waals surface area contributed by atoms with Crippen molar-refractivity contribution in [3.63, 3.8) is 0 Å². The molecular formula is C22H23N3O3. The first-order chi connectivity index (χ1) is 13.6. The molecule has 0 radical (unpaired) electrons. The molecule has 3 aromatic rings. The first-order valence-corrected chi connectivity index (χ1v) is 9.27. The summed E-state index contributed by atoms with van der Waals surface area (Å²) in [6.07, 6.45) is 4.80. The molecule has 3 N–H and O–H groups in total. The maximum absolute atomic E-state index is 12.3. The van der Waals surface area contributed by atoms with Crippen LogP contribution in [0.4, 0.5) is 0 Å². The van der Waals surface area contributed by atoms with Gasteiger partial charge in [-0.2, -0.15) is 5.10 Å². The fourth-order valence-electron chi connectivity index (χ4n) is 3.07. The van der Waals surface area contributed by atoms with Crippen molar-refractivity contribution in [2.75, 3.05) is 0 Å². The highest BCUT2D eigenvalue weighted by molar-refractivity contribution is 5.93. The Morgan fingerprint density at radius 2 is 1.71 bits per heavy atom. The Morgan fingerprint density at radius 1 is 1.00 bits per heavy atom. The molecule has 1 amide bonds. The predicted molar refractivity (Wildman–Crippen MR) is 107 cm³/mol. The average Bonchev–Trinajstić information content (AvgIpc) is 3.26. The molecule has 0 aliphatic rings. The lowest BCUT2D eigenvalue weighted by Gasteiger charge is -2.18. The van der Waals surface area contributed by atoms with E-state index in [-0.39, 0.29) is 18.4 Å². The summed E-state index contributed by atoms with van der Waals surface area (Å²) in [5.41, 5.74) is 3.91. The zero-order valence-corrected chi connectivity index (χ0v) is 15.5. The van der Waals surface area contributed by atoms with E-state index in [9.17, 15) is 9.59 Å². The summed E-state index contributed by atoms with van der Waals surface area (Å²) in [6.45, 7) is 0. The second-order valence-electron chi connectivity index (χ2n) is 6.69. The van der Waals surface area contributed by atoms with Crippen LogP contribution < -0.4 is 5.32 Å². The van der Waals surface area contributed by atoms with Gasteiger partial charge in [0.05, 0.1) is 11.8 Å². The summed E-state index contributed by atoms with van der Waals surface area (Å²) in [4.78, 5) is 23.2. The third kappa shape index (κ3) is 5.54. The van der Waals surface area contributed by atoms with Gasteiger partial charge in [-0.3, -0.25) is 14.7 Å². The van der Waals surface area contributed by atoms with Gasteiger partial charge in [-0.25, -0.2) is 0 Å². The zero-order valence-electron chi connectivity index (χ0n) is 15.5. The van der Waals surface area contributed by atoms with E-state index in [1.807, 2.05) is 18.2 Å². The number of aryl methyl sites for hydroxylation is 1. The van der Waals surface area contributed by atoms with Gasteiger partial charge in [0.2, 0.25) is 0 Å². The summed E-state index contributed by atoms with van der Waals surface area (Å²) in [6, 6.07) is 18.3. The van der Waals surface area contributed by atoms with Gasteiger partial charge in [0, 0.05) is 18.7 Å². The number of carboxylic acid groups (broad SMARTS) is 1. The standard InChI is InChI=1S/C22H23N3O3/c26-21(27)13-12-20(25-22(28)19-14-23-24-15-19)11-8-16-6-9-18(10-7-16)17-4-2-1-3-5-17/h1-7,9-10,14-15,20H,8,11-13H2,(H,23,24)(H,25,28)(H,26,27). The Kier molecular flexibility index (Phi) is 6.57. The second-order valence-corrected chi connectivity index (χ2v) is 6.69. The van der Waals surface area contributed by atoms with Crippen molar-refractivity contribution < 1.29 is 14.7 Å². The third-order valence-corrected chi connectivity index (χ3v) is 4.64. The van der Waals surface area contributed by atoms with Gasteiger partial charge in [-0.1, -0.05) is 54.6 Å². The lowest BCUT2D eigenvalue weighted by molar-refractivity contribution is -0.137. The molecule has 1 aromatic heterocycles. The number of carboxylic acids is 1. The average molecular weight is 377 g/mol. The number of aromatic amines is 1. The van der Waals surface area contributed by atoms with E-state index >= 15 is 0 Å². The van der Waals surface area contributed by atoms with Crippen LogP contribution in [-0.2, 0) is 11.2 Å². The molecule has 3 rings (SSSR count). The molecule has 144 valence electrons. The number of amides is 1. The number of carbonyl (C=O) groups is 2. The highest BCUT2D eigenvalue weighted by atomic mass is 16.4. The number of rotatable bonds is 9. The van der Waals surface area contributed by atoms with Crippen LogP contribution in [0.3, 0.4) is 0 Å². The number of H-pyrrole nitrogens is 1. The van der Waals surface area contributed by atoms with Crippen LogP contribution in [-0.4, -0.2) is 33.2 Å². The summed E-state index contributed by atoms with van der Waals surface area (Å²) < 4.78 is 0. The molecule has 0 spiro atoms. The molecule has 0 saturated heterocycles. The molecular weight excluding hydrogens is 354 g/mol. The number of aliphatic carboxylic acids is 1. The predicted octanol–water partition coefficient (Wildman–Crippen LogP) is 3.67. The Balaban J connectivity index is 1.60. The Morgan fingerprint density at radius 3 is 2.36 bits per heavy atom. The summed E-state index contributed by atoms with van der Waals surface area (Å²) in [5, 5.41) is 18.3. The van der Waals surface area contributed by atoms with E-state index in [1.54, 1.807) is 0 Å². The fourth-order valence-corrected chi connectivity index (χ4v) is 3.07. The van der Waals surface area contributed by atoms with Crippen molar-refractivity contribution in [2.24, 2.45) is 0 Å². The smallest absolute Gasteiger partial charge is 0.303 e. The second kappa shape index (κ2) is 9.50. The van der Waals surface area contributed by atoms with Crippen LogP contribution in [0.5, 0.6) is 0 Å². The minimum atomic E-state index is -0.866. The molecule has 6 nitrogen and oxygen atoms in total. The highest BCUT2D eigenvalue weighted by Crippen LogP contribution is 2.20. The number of nitrogens with zero attached hydrogens (tertiary/aromatic N) is 1. The van der Waals surface area contributed by atoms with Crippen LogP contribution in [0.15, 0.2) is 67.0 Å². The molecule has 0 saturated carbocycles. The molecule has 0 aliphatic carbocycles. The fraction of sp³-hybridized carbons (Fsp3) is 0.227.